The molecule has 1 saturated heterocycles. The van der Waals surface area contributed by atoms with E-state index in [1.54, 1.807) is 17.5 Å². The van der Waals surface area contributed by atoms with Crippen LogP contribution in [0.5, 0.6) is 0 Å². The van der Waals surface area contributed by atoms with E-state index in [1.807, 2.05) is 6.92 Å². The molecule has 0 atom stereocenters. The number of amides is 1. The molecule has 1 aromatic rings. The van der Waals surface area contributed by atoms with Crippen molar-refractivity contribution >= 4 is 27.3 Å². The van der Waals surface area contributed by atoms with Gasteiger partial charge in [-0.25, -0.2) is 8.42 Å². The van der Waals surface area contributed by atoms with E-state index in [0.29, 0.717) is 36.6 Å². The van der Waals surface area contributed by atoms with Gasteiger partial charge in [-0.1, -0.05) is 13.0 Å². The Labute approximate surface area is 117 Å². The summed E-state index contributed by atoms with van der Waals surface area (Å²) in [5.74, 6) is 0.0274. The van der Waals surface area contributed by atoms with E-state index >= 15 is 0 Å². The molecular weight excluding hydrogens is 284 g/mol. The minimum Gasteiger partial charge on any atom is -0.353 e. The molecule has 0 aliphatic carbocycles. The fourth-order valence-corrected chi connectivity index (χ4v) is 4.72. The van der Waals surface area contributed by atoms with Crippen molar-refractivity contribution in [3.8, 4) is 0 Å². The molecule has 0 saturated carbocycles. The van der Waals surface area contributed by atoms with Crippen molar-refractivity contribution in [2.75, 3.05) is 13.1 Å². The number of thiophene rings is 1. The van der Waals surface area contributed by atoms with Crippen molar-refractivity contribution in [1.82, 2.24) is 9.62 Å². The molecular formula is C12H18N2O3S2. The molecule has 1 aromatic heterocycles. The number of carbonyl (C=O) groups excluding carboxylic acids is 1. The van der Waals surface area contributed by atoms with Gasteiger partial charge in [0.15, 0.2) is 0 Å². The number of hydrogen-bond donors (Lipinski definition) is 1. The van der Waals surface area contributed by atoms with Crippen molar-refractivity contribution < 1.29 is 13.2 Å². The van der Waals surface area contributed by atoms with Crippen LogP contribution in [0.25, 0.3) is 0 Å². The summed E-state index contributed by atoms with van der Waals surface area (Å²) in [5, 5.41) is 4.68. The zero-order valence-corrected chi connectivity index (χ0v) is 12.5. The van der Waals surface area contributed by atoms with E-state index in [-0.39, 0.29) is 11.9 Å². The smallest absolute Gasteiger partial charge is 0.252 e. The van der Waals surface area contributed by atoms with Crippen molar-refractivity contribution in [1.29, 1.82) is 0 Å². The summed E-state index contributed by atoms with van der Waals surface area (Å²) in [4.78, 5) is 11.3. The quantitative estimate of drug-likeness (QED) is 0.915. The van der Waals surface area contributed by atoms with Gasteiger partial charge in [0.2, 0.25) is 5.91 Å². The summed E-state index contributed by atoms with van der Waals surface area (Å²) in [6, 6.07) is 3.47. The maximum atomic E-state index is 12.3. The lowest BCUT2D eigenvalue weighted by atomic mass is 10.1. The molecule has 5 nitrogen and oxygen atoms in total. The molecule has 0 spiro atoms. The first kappa shape index (κ1) is 14.5. The Morgan fingerprint density at radius 2 is 2.16 bits per heavy atom. The zero-order chi connectivity index (χ0) is 13.9. The van der Waals surface area contributed by atoms with Gasteiger partial charge in [-0.3, -0.25) is 4.79 Å². The van der Waals surface area contributed by atoms with Crippen molar-refractivity contribution in [2.24, 2.45) is 0 Å². The molecule has 2 rings (SSSR count). The number of rotatable bonds is 4. The Bertz CT molecular complexity index is 517. The third-order valence-corrected chi connectivity index (χ3v) is 6.50. The van der Waals surface area contributed by atoms with E-state index in [0.717, 1.165) is 0 Å². The van der Waals surface area contributed by atoms with Crippen molar-refractivity contribution in [3.63, 3.8) is 0 Å². The van der Waals surface area contributed by atoms with E-state index in [4.69, 9.17) is 0 Å². The summed E-state index contributed by atoms with van der Waals surface area (Å²) in [5.41, 5.74) is 0. The molecule has 0 radical (unpaired) electrons. The lowest BCUT2D eigenvalue weighted by Crippen LogP contribution is -2.46. The molecule has 1 N–H and O–H groups in total. The van der Waals surface area contributed by atoms with E-state index < -0.39 is 10.0 Å². The summed E-state index contributed by atoms with van der Waals surface area (Å²) in [6.45, 7) is 2.75. The fourth-order valence-electron chi connectivity index (χ4n) is 2.11. The Kier molecular flexibility index (Phi) is 4.59. The molecule has 19 heavy (non-hydrogen) atoms. The summed E-state index contributed by atoms with van der Waals surface area (Å²) in [7, 11) is -3.34. The monoisotopic (exact) mass is 302 g/mol. The van der Waals surface area contributed by atoms with Crippen LogP contribution in [0, 0.1) is 0 Å². The second-order valence-corrected chi connectivity index (χ2v) is 7.64. The SMILES string of the molecule is CCC(=O)NC1CCN(S(=O)(=O)c2cccs2)CC1. The Morgan fingerprint density at radius 1 is 1.47 bits per heavy atom. The number of nitrogens with zero attached hydrogens (tertiary/aromatic N) is 1. The van der Waals surface area contributed by atoms with Gasteiger partial charge < -0.3 is 5.32 Å². The second kappa shape index (κ2) is 6.02. The third kappa shape index (κ3) is 3.34. The van der Waals surface area contributed by atoms with Crippen LogP contribution >= 0.6 is 11.3 Å². The van der Waals surface area contributed by atoms with Crippen LogP contribution in [0.3, 0.4) is 0 Å². The molecule has 1 aliphatic rings. The number of nitrogens with one attached hydrogen (secondary N) is 1. The summed E-state index contributed by atoms with van der Waals surface area (Å²) >= 11 is 1.24. The maximum absolute atomic E-state index is 12.3. The first-order valence-corrected chi connectivity index (χ1v) is 8.69. The highest BCUT2D eigenvalue weighted by Crippen LogP contribution is 2.24. The molecule has 2 heterocycles. The van der Waals surface area contributed by atoms with Crippen molar-refractivity contribution in [3.05, 3.63) is 17.5 Å². The number of carbonyl (C=O) groups is 1. The normalized spacial score (nSPS) is 18.4. The highest BCUT2D eigenvalue weighted by molar-refractivity contribution is 7.91. The van der Waals surface area contributed by atoms with Crippen LogP contribution in [0.2, 0.25) is 0 Å². The van der Waals surface area contributed by atoms with Crippen LogP contribution < -0.4 is 5.32 Å². The molecule has 1 amide bonds. The highest BCUT2D eigenvalue weighted by atomic mass is 32.2. The average Bonchev–Trinajstić information content (AvgIpc) is 2.94. The number of hydrogen-bond acceptors (Lipinski definition) is 4. The van der Waals surface area contributed by atoms with Gasteiger partial charge in [0.05, 0.1) is 0 Å². The van der Waals surface area contributed by atoms with Gasteiger partial charge >= 0.3 is 0 Å². The standard InChI is InChI=1S/C12H18N2O3S2/c1-2-11(15)13-10-5-7-14(8-6-10)19(16,17)12-4-3-9-18-12/h3-4,9-10H,2,5-8H2,1H3,(H,13,15). The molecule has 7 heteroatoms. The van der Waals surface area contributed by atoms with Crippen LogP contribution in [0.4, 0.5) is 0 Å². The third-order valence-electron chi connectivity index (χ3n) is 3.23. The van der Waals surface area contributed by atoms with E-state index in [1.165, 1.54) is 15.6 Å². The summed E-state index contributed by atoms with van der Waals surface area (Å²) < 4.78 is 26.5. The molecule has 0 unspecified atom stereocenters. The largest absolute Gasteiger partial charge is 0.353 e. The fraction of sp³-hybridized carbons (Fsp3) is 0.583. The Hall–Kier alpha value is -0.920. The van der Waals surface area contributed by atoms with E-state index in [9.17, 15) is 13.2 Å². The van der Waals surface area contributed by atoms with E-state index in [2.05, 4.69) is 5.32 Å². The van der Waals surface area contributed by atoms with Crippen LogP contribution in [-0.2, 0) is 14.8 Å². The zero-order valence-electron chi connectivity index (χ0n) is 10.8. The highest BCUT2D eigenvalue weighted by Gasteiger charge is 2.30. The number of piperidine rings is 1. The van der Waals surface area contributed by atoms with Gasteiger partial charge in [-0.05, 0) is 24.3 Å². The average molecular weight is 302 g/mol. The predicted molar refractivity (Wildman–Crippen MR) is 74.5 cm³/mol. The number of sulfonamides is 1. The summed E-state index contributed by atoms with van der Waals surface area (Å²) in [6.07, 6.45) is 1.82. The van der Waals surface area contributed by atoms with Crippen molar-refractivity contribution in [2.45, 2.75) is 36.4 Å². The topological polar surface area (TPSA) is 66.5 Å². The molecule has 106 valence electrons. The second-order valence-electron chi connectivity index (χ2n) is 4.53. The van der Waals surface area contributed by atoms with Gasteiger partial charge in [0, 0.05) is 25.6 Å². The minimum absolute atomic E-state index is 0.0274. The lowest BCUT2D eigenvalue weighted by molar-refractivity contribution is -0.121. The maximum Gasteiger partial charge on any atom is 0.252 e. The molecule has 0 aromatic carbocycles. The van der Waals surface area contributed by atoms with Gasteiger partial charge in [-0.15, -0.1) is 11.3 Å². The Morgan fingerprint density at radius 3 is 2.68 bits per heavy atom. The molecule has 0 bridgehead atoms. The minimum atomic E-state index is -3.34. The van der Waals surface area contributed by atoms with Crippen LogP contribution in [-0.4, -0.2) is 37.8 Å². The van der Waals surface area contributed by atoms with Gasteiger partial charge in [0.25, 0.3) is 10.0 Å². The van der Waals surface area contributed by atoms with Crippen LogP contribution in [0.1, 0.15) is 26.2 Å². The predicted octanol–water partition coefficient (Wildman–Crippen LogP) is 1.43. The van der Waals surface area contributed by atoms with Gasteiger partial charge in [-0.2, -0.15) is 4.31 Å². The molecule has 1 fully saturated rings. The Balaban J connectivity index is 1.95. The van der Waals surface area contributed by atoms with Gasteiger partial charge in [0.1, 0.15) is 4.21 Å². The first-order valence-electron chi connectivity index (χ1n) is 6.37. The first-order chi connectivity index (χ1) is 9.04. The lowest BCUT2D eigenvalue weighted by Gasteiger charge is -2.31. The van der Waals surface area contributed by atoms with Crippen LogP contribution in [0.15, 0.2) is 21.7 Å². The molecule has 1 aliphatic heterocycles.